The first-order valence-corrected chi connectivity index (χ1v) is 8.41. The number of amides is 2. The molecule has 2 amide bonds. The molecule has 0 aromatic heterocycles. The van der Waals surface area contributed by atoms with E-state index in [1.54, 1.807) is 22.7 Å². The summed E-state index contributed by atoms with van der Waals surface area (Å²) >= 11 is 1.63. The van der Waals surface area contributed by atoms with Crippen molar-refractivity contribution in [3.05, 3.63) is 23.8 Å². The van der Waals surface area contributed by atoms with Crippen LogP contribution in [0, 0.1) is 17.2 Å². The average Bonchev–Trinajstić information content (AvgIpc) is 2.74. The standard InChI is InChI=1S/C16H17N3O2S/c17-10-11-3-6-19(7-4-11)16(21)12-1-2-14-13(9-12)18-15(20)5-8-22-14/h1-2,9,11H,3-8H2,(H,18,20). The van der Waals surface area contributed by atoms with Gasteiger partial charge >= 0.3 is 0 Å². The van der Waals surface area contributed by atoms with Crippen molar-refractivity contribution in [2.45, 2.75) is 24.2 Å². The summed E-state index contributed by atoms with van der Waals surface area (Å²) in [5.74, 6) is 0.786. The Morgan fingerprint density at radius 2 is 2.14 bits per heavy atom. The maximum Gasteiger partial charge on any atom is 0.253 e. The van der Waals surface area contributed by atoms with E-state index in [0.29, 0.717) is 25.1 Å². The van der Waals surface area contributed by atoms with Gasteiger partial charge in [0.05, 0.1) is 11.8 Å². The molecule has 0 aliphatic carbocycles. The van der Waals surface area contributed by atoms with Crippen molar-refractivity contribution >= 4 is 29.3 Å². The number of hydrogen-bond acceptors (Lipinski definition) is 4. The van der Waals surface area contributed by atoms with Crippen LogP contribution in [0.3, 0.4) is 0 Å². The quantitative estimate of drug-likeness (QED) is 0.864. The minimum atomic E-state index is -0.0253. The normalized spacial score (nSPS) is 18.9. The van der Waals surface area contributed by atoms with Gasteiger partial charge in [0, 0.05) is 41.6 Å². The van der Waals surface area contributed by atoms with Crippen LogP contribution >= 0.6 is 11.8 Å². The van der Waals surface area contributed by atoms with Crippen LogP contribution in [0.4, 0.5) is 5.69 Å². The van der Waals surface area contributed by atoms with Crippen LogP contribution in [0.25, 0.3) is 0 Å². The number of rotatable bonds is 1. The van der Waals surface area contributed by atoms with E-state index in [0.717, 1.165) is 29.2 Å². The number of carbonyl (C=O) groups is 2. The molecule has 3 rings (SSSR count). The minimum Gasteiger partial charge on any atom is -0.339 e. The second kappa shape index (κ2) is 6.41. The Morgan fingerprint density at radius 1 is 1.36 bits per heavy atom. The largest absolute Gasteiger partial charge is 0.339 e. The van der Waals surface area contributed by atoms with Gasteiger partial charge in [-0.3, -0.25) is 9.59 Å². The molecule has 0 radical (unpaired) electrons. The summed E-state index contributed by atoms with van der Waals surface area (Å²) in [4.78, 5) is 27.0. The first-order chi connectivity index (χ1) is 10.7. The molecule has 1 aromatic rings. The number of carbonyl (C=O) groups excluding carboxylic acids is 2. The van der Waals surface area contributed by atoms with Crippen molar-refractivity contribution in [1.82, 2.24) is 4.90 Å². The number of likely N-dealkylation sites (tertiary alicyclic amines) is 1. The van der Waals surface area contributed by atoms with E-state index in [4.69, 9.17) is 5.26 Å². The molecule has 22 heavy (non-hydrogen) atoms. The number of fused-ring (bicyclic) bond motifs is 1. The molecule has 0 spiro atoms. The lowest BCUT2D eigenvalue weighted by Gasteiger charge is -2.29. The third kappa shape index (κ3) is 3.09. The van der Waals surface area contributed by atoms with Gasteiger partial charge in [0.1, 0.15) is 0 Å². The zero-order valence-electron chi connectivity index (χ0n) is 12.2. The Hall–Kier alpha value is -2.00. The van der Waals surface area contributed by atoms with Gasteiger partial charge in [-0.05, 0) is 31.0 Å². The Morgan fingerprint density at radius 3 is 2.86 bits per heavy atom. The van der Waals surface area contributed by atoms with Gasteiger partial charge in [0.25, 0.3) is 5.91 Å². The zero-order chi connectivity index (χ0) is 15.5. The van der Waals surface area contributed by atoms with Crippen LogP contribution in [0.15, 0.2) is 23.1 Å². The van der Waals surface area contributed by atoms with Gasteiger partial charge in [0.2, 0.25) is 5.91 Å². The smallest absolute Gasteiger partial charge is 0.253 e. The fourth-order valence-corrected chi connectivity index (χ4v) is 3.68. The fourth-order valence-electron chi connectivity index (χ4n) is 2.75. The Labute approximate surface area is 133 Å². The highest BCUT2D eigenvalue weighted by atomic mass is 32.2. The van der Waals surface area contributed by atoms with Crippen molar-refractivity contribution in [2.24, 2.45) is 5.92 Å². The number of nitrogens with zero attached hydrogens (tertiary/aromatic N) is 2. The van der Waals surface area contributed by atoms with E-state index in [1.165, 1.54) is 0 Å². The molecule has 1 saturated heterocycles. The molecular weight excluding hydrogens is 298 g/mol. The predicted octanol–water partition coefficient (Wildman–Crippen LogP) is 2.50. The van der Waals surface area contributed by atoms with Crippen LogP contribution in [0.5, 0.6) is 0 Å². The van der Waals surface area contributed by atoms with Gasteiger partial charge in [-0.1, -0.05) is 0 Å². The maximum absolute atomic E-state index is 12.6. The third-order valence-electron chi connectivity index (χ3n) is 4.05. The van der Waals surface area contributed by atoms with Gasteiger partial charge in [0.15, 0.2) is 0 Å². The summed E-state index contributed by atoms with van der Waals surface area (Å²) in [6.07, 6.45) is 1.96. The molecule has 5 nitrogen and oxygen atoms in total. The number of benzene rings is 1. The van der Waals surface area contributed by atoms with E-state index < -0.39 is 0 Å². The Balaban J connectivity index is 1.76. The summed E-state index contributed by atoms with van der Waals surface area (Å²) in [6, 6.07) is 7.76. The Bertz CT molecular complexity index is 645. The molecular formula is C16H17N3O2S. The lowest BCUT2D eigenvalue weighted by atomic mass is 9.98. The zero-order valence-corrected chi connectivity index (χ0v) is 13.0. The van der Waals surface area contributed by atoms with Crippen LogP contribution < -0.4 is 5.32 Å². The summed E-state index contributed by atoms with van der Waals surface area (Å²) in [6.45, 7) is 1.24. The van der Waals surface area contributed by atoms with E-state index >= 15 is 0 Å². The number of nitrogens with one attached hydrogen (secondary N) is 1. The molecule has 2 aliphatic rings. The minimum absolute atomic E-state index is 0.00863. The predicted molar refractivity (Wildman–Crippen MR) is 84.7 cm³/mol. The summed E-state index contributed by atoms with van der Waals surface area (Å²) in [5, 5.41) is 11.8. The third-order valence-corrected chi connectivity index (χ3v) is 5.13. The molecule has 2 heterocycles. The van der Waals surface area contributed by atoms with Crippen LogP contribution in [-0.4, -0.2) is 35.6 Å². The van der Waals surface area contributed by atoms with Crippen molar-refractivity contribution in [1.29, 1.82) is 5.26 Å². The molecule has 1 aromatic carbocycles. The van der Waals surface area contributed by atoms with E-state index in [-0.39, 0.29) is 17.7 Å². The first-order valence-electron chi connectivity index (χ1n) is 7.43. The fraction of sp³-hybridized carbons (Fsp3) is 0.438. The van der Waals surface area contributed by atoms with Gasteiger partial charge in [-0.15, -0.1) is 11.8 Å². The van der Waals surface area contributed by atoms with Crippen LogP contribution in [-0.2, 0) is 4.79 Å². The molecule has 1 N–H and O–H groups in total. The second-order valence-corrected chi connectivity index (χ2v) is 6.69. The lowest BCUT2D eigenvalue weighted by Crippen LogP contribution is -2.38. The van der Waals surface area contributed by atoms with Crippen molar-refractivity contribution < 1.29 is 9.59 Å². The Kier molecular flexibility index (Phi) is 4.34. The number of hydrogen-bond donors (Lipinski definition) is 1. The van der Waals surface area contributed by atoms with Gasteiger partial charge < -0.3 is 10.2 Å². The van der Waals surface area contributed by atoms with E-state index in [9.17, 15) is 9.59 Å². The van der Waals surface area contributed by atoms with Crippen molar-refractivity contribution in [3.63, 3.8) is 0 Å². The molecule has 0 atom stereocenters. The summed E-state index contributed by atoms with van der Waals surface area (Å²) in [7, 11) is 0. The highest BCUT2D eigenvalue weighted by Crippen LogP contribution is 2.32. The van der Waals surface area contributed by atoms with E-state index in [2.05, 4.69) is 11.4 Å². The van der Waals surface area contributed by atoms with Crippen LogP contribution in [0.1, 0.15) is 29.6 Å². The van der Waals surface area contributed by atoms with E-state index in [1.807, 2.05) is 12.1 Å². The molecule has 114 valence electrons. The van der Waals surface area contributed by atoms with Crippen molar-refractivity contribution in [3.8, 4) is 6.07 Å². The molecule has 0 bridgehead atoms. The number of nitriles is 1. The number of piperidine rings is 1. The molecule has 0 unspecified atom stereocenters. The second-order valence-electron chi connectivity index (χ2n) is 5.55. The summed E-state index contributed by atoms with van der Waals surface area (Å²) < 4.78 is 0. The first kappa shape index (κ1) is 14.9. The van der Waals surface area contributed by atoms with Gasteiger partial charge in [-0.25, -0.2) is 0 Å². The van der Waals surface area contributed by atoms with Crippen molar-refractivity contribution in [2.75, 3.05) is 24.2 Å². The summed E-state index contributed by atoms with van der Waals surface area (Å²) in [5.41, 5.74) is 1.32. The highest BCUT2D eigenvalue weighted by Gasteiger charge is 2.24. The molecule has 6 heteroatoms. The van der Waals surface area contributed by atoms with Gasteiger partial charge in [-0.2, -0.15) is 5.26 Å². The maximum atomic E-state index is 12.6. The SMILES string of the molecule is N#CC1CCN(C(=O)c2ccc3c(c2)NC(=O)CCS3)CC1. The molecule has 1 fully saturated rings. The molecule has 0 saturated carbocycles. The lowest BCUT2D eigenvalue weighted by molar-refractivity contribution is -0.115. The van der Waals surface area contributed by atoms with Crippen LogP contribution in [0.2, 0.25) is 0 Å². The topological polar surface area (TPSA) is 73.2 Å². The molecule has 2 aliphatic heterocycles. The number of thioether (sulfide) groups is 1. The number of anilines is 1. The highest BCUT2D eigenvalue weighted by molar-refractivity contribution is 7.99. The monoisotopic (exact) mass is 315 g/mol. The average molecular weight is 315 g/mol.